The third-order valence-corrected chi connectivity index (χ3v) is 8.54. The summed E-state index contributed by atoms with van der Waals surface area (Å²) in [6.07, 6.45) is 3.60. The molecule has 1 aromatic carbocycles. The van der Waals surface area contributed by atoms with Crippen molar-refractivity contribution in [2.75, 3.05) is 31.7 Å². The van der Waals surface area contributed by atoms with E-state index in [0.717, 1.165) is 10.7 Å². The van der Waals surface area contributed by atoms with Crippen LogP contribution in [0.4, 0.5) is 10.1 Å². The molecule has 0 atom stereocenters. The van der Waals surface area contributed by atoms with Crippen LogP contribution in [-0.4, -0.2) is 65.1 Å². The second-order valence-electron chi connectivity index (χ2n) is 11.7. The smallest absolute Gasteiger partial charge is 0.311 e. The predicted molar refractivity (Wildman–Crippen MR) is 153 cm³/mol. The van der Waals surface area contributed by atoms with Gasteiger partial charge in [-0.1, -0.05) is 13.0 Å². The molecular formula is C30H35FN6O6. The molecule has 0 bridgehead atoms. The Morgan fingerprint density at radius 2 is 1.84 bits per heavy atom. The zero-order valence-electron chi connectivity index (χ0n) is 24.7. The van der Waals surface area contributed by atoms with E-state index in [9.17, 15) is 23.6 Å². The standard InChI is InChI=1S/C30H35FN6O6/c1-5-36-21-12-18(6-7-23(21)43-16-24(36)38)14-32-26(39)20-13-22(37-25(35-20)19(31)15-34-37)27(40)33-17-29(2)8-10-30(3,11-9-29)28(41)42-4/h6-7,12-13,15H,5,8-11,14,16-17H2,1-4H3,(H,32,39)(H,33,40). The lowest BCUT2D eigenvalue weighted by atomic mass is 9.65. The maximum Gasteiger partial charge on any atom is 0.311 e. The van der Waals surface area contributed by atoms with Crippen LogP contribution >= 0.6 is 0 Å². The van der Waals surface area contributed by atoms with Crippen LogP contribution in [0, 0.1) is 16.6 Å². The lowest BCUT2D eigenvalue weighted by Crippen LogP contribution is -2.43. The van der Waals surface area contributed by atoms with Crippen LogP contribution in [0.15, 0.2) is 30.5 Å². The Hall–Kier alpha value is -4.55. The molecule has 0 radical (unpaired) electrons. The van der Waals surface area contributed by atoms with Gasteiger partial charge < -0.3 is 25.0 Å². The Morgan fingerprint density at radius 1 is 1.09 bits per heavy atom. The molecule has 0 spiro atoms. The molecule has 228 valence electrons. The number of hydrogen-bond donors (Lipinski definition) is 2. The second-order valence-corrected chi connectivity index (χ2v) is 11.7. The highest BCUT2D eigenvalue weighted by Crippen LogP contribution is 2.45. The molecular weight excluding hydrogens is 559 g/mol. The molecule has 13 heteroatoms. The Bertz CT molecular complexity index is 1600. The average Bonchev–Trinajstić information content (AvgIpc) is 3.39. The number of nitrogens with one attached hydrogen (secondary N) is 2. The summed E-state index contributed by atoms with van der Waals surface area (Å²) in [5.41, 5.74) is 0.0718. The number of esters is 1. The van der Waals surface area contributed by atoms with Gasteiger partial charge in [-0.25, -0.2) is 13.9 Å². The summed E-state index contributed by atoms with van der Waals surface area (Å²) in [5, 5.41) is 9.60. The molecule has 2 aromatic heterocycles. The minimum absolute atomic E-state index is 0.0276. The average molecular weight is 595 g/mol. The Labute approximate surface area is 247 Å². The number of halogens is 1. The minimum Gasteiger partial charge on any atom is -0.482 e. The van der Waals surface area contributed by atoms with E-state index in [-0.39, 0.29) is 47.5 Å². The van der Waals surface area contributed by atoms with Crippen molar-refractivity contribution in [1.29, 1.82) is 0 Å². The molecule has 0 saturated heterocycles. The fourth-order valence-electron chi connectivity index (χ4n) is 5.61. The van der Waals surface area contributed by atoms with E-state index in [4.69, 9.17) is 9.47 Å². The molecule has 3 aromatic rings. The number of carbonyl (C=O) groups is 4. The zero-order chi connectivity index (χ0) is 30.9. The van der Waals surface area contributed by atoms with Crippen molar-refractivity contribution in [2.45, 2.75) is 53.0 Å². The zero-order valence-corrected chi connectivity index (χ0v) is 24.7. The lowest BCUT2D eigenvalue weighted by Gasteiger charge is -2.41. The van der Waals surface area contributed by atoms with Gasteiger partial charge >= 0.3 is 5.97 Å². The van der Waals surface area contributed by atoms with Gasteiger partial charge in [0.2, 0.25) is 0 Å². The van der Waals surface area contributed by atoms with E-state index < -0.39 is 23.0 Å². The highest BCUT2D eigenvalue weighted by atomic mass is 19.1. The number of methoxy groups -OCH3 is 1. The summed E-state index contributed by atoms with van der Waals surface area (Å²) in [4.78, 5) is 56.6. The number of benzene rings is 1. The molecule has 2 N–H and O–H groups in total. The monoisotopic (exact) mass is 594 g/mol. The van der Waals surface area contributed by atoms with Crippen molar-refractivity contribution < 1.29 is 33.0 Å². The first-order valence-electron chi connectivity index (χ1n) is 14.2. The summed E-state index contributed by atoms with van der Waals surface area (Å²) in [5.74, 6) is -1.73. The third kappa shape index (κ3) is 5.88. The van der Waals surface area contributed by atoms with Crippen LogP contribution < -0.4 is 20.3 Å². The highest BCUT2D eigenvalue weighted by molar-refractivity contribution is 5.99. The van der Waals surface area contributed by atoms with E-state index in [0.29, 0.717) is 55.8 Å². The fourth-order valence-corrected chi connectivity index (χ4v) is 5.61. The van der Waals surface area contributed by atoms with Gasteiger partial charge in [0.15, 0.2) is 18.1 Å². The summed E-state index contributed by atoms with van der Waals surface area (Å²) >= 11 is 0. The third-order valence-electron chi connectivity index (χ3n) is 8.54. The van der Waals surface area contributed by atoms with E-state index >= 15 is 0 Å². The molecule has 3 amide bonds. The quantitative estimate of drug-likeness (QED) is 0.379. The molecule has 3 heterocycles. The molecule has 43 heavy (non-hydrogen) atoms. The number of nitrogens with zero attached hydrogens (tertiary/aromatic N) is 4. The van der Waals surface area contributed by atoms with E-state index in [1.54, 1.807) is 23.1 Å². The van der Waals surface area contributed by atoms with Crippen molar-refractivity contribution in [3.8, 4) is 5.75 Å². The largest absolute Gasteiger partial charge is 0.482 e. The maximum atomic E-state index is 14.6. The number of rotatable bonds is 8. The van der Waals surface area contributed by atoms with Crippen LogP contribution in [0.3, 0.4) is 0 Å². The summed E-state index contributed by atoms with van der Waals surface area (Å²) in [6.45, 7) is 6.66. The molecule has 2 aliphatic rings. The lowest BCUT2D eigenvalue weighted by molar-refractivity contribution is -0.155. The van der Waals surface area contributed by atoms with Crippen molar-refractivity contribution in [3.63, 3.8) is 0 Å². The van der Waals surface area contributed by atoms with Crippen molar-refractivity contribution >= 4 is 35.0 Å². The topological polar surface area (TPSA) is 144 Å². The fraction of sp³-hybridized carbons (Fsp3) is 0.467. The van der Waals surface area contributed by atoms with Crippen LogP contribution in [0.1, 0.15) is 73.0 Å². The van der Waals surface area contributed by atoms with Crippen LogP contribution in [0.25, 0.3) is 5.65 Å². The SMILES string of the molecule is CCN1C(=O)COc2ccc(CNC(=O)c3cc(C(=O)NCC4(C)CCC(C)(C(=O)OC)CC4)n4ncc(F)c4n3)cc21. The molecule has 1 fully saturated rings. The second kappa shape index (κ2) is 11.6. The number of anilines is 1. The first-order chi connectivity index (χ1) is 20.5. The van der Waals surface area contributed by atoms with Crippen LogP contribution in [-0.2, 0) is 20.9 Å². The number of likely N-dealkylation sites (N-methyl/N-ethyl adjacent to an activating group) is 1. The molecule has 1 aliphatic carbocycles. The van der Waals surface area contributed by atoms with Gasteiger partial charge in [0.1, 0.15) is 17.1 Å². The maximum absolute atomic E-state index is 14.6. The van der Waals surface area contributed by atoms with Gasteiger partial charge in [-0.05, 0) is 62.6 Å². The van der Waals surface area contributed by atoms with E-state index in [1.807, 2.05) is 20.8 Å². The summed E-state index contributed by atoms with van der Waals surface area (Å²) in [6, 6.07) is 6.55. The van der Waals surface area contributed by atoms with Gasteiger partial charge in [-0.15, -0.1) is 0 Å². The first kappa shape index (κ1) is 29.9. The van der Waals surface area contributed by atoms with E-state index in [1.165, 1.54) is 13.2 Å². The number of hydrogen-bond acceptors (Lipinski definition) is 8. The van der Waals surface area contributed by atoms with Gasteiger partial charge in [-0.3, -0.25) is 19.2 Å². The van der Waals surface area contributed by atoms with Gasteiger partial charge in [0, 0.05) is 25.7 Å². The van der Waals surface area contributed by atoms with Gasteiger partial charge in [0.25, 0.3) is 17.7 Å². The van der Waals surface area contributed by atoms with Crippen molar-refractivity contribution in [2.24, 2.45) is 10.8 Å². The van der Waals surface area contributed by atoms with Crippen LogP contribution in [0.5, 0.6) is 5.75 Å². The normalized spacial score (nSPS) is 21.6. The minimum atomic E-state index is -0.774. The molecule has 12 nitrogen and oxygen atoms in total. The predicted octanol–water partition coefficient (Wildman–Crippen LogP) is 3.03. The molecule has 1 aliphatic heterocycles. The molecule has 5 rings (SSSR count). The van der Waals surface area contributed by atoms with Crippen LogP contribution in [0.2, 0.25) is 0 Å². The first-order valence-corrected chi connectivity index (χ1v) is 14.2. The molecule has 1 saturated carbocycles. The summed E-state index contributed by atoms with van der Waals surface area (Å²) in [7, 11) is 1.39. The number of fused-ring (bicyclic) bond motifs is 2. The van der Waals surface area contributed by atoms with Gasteiger partial charge in [0.05, 0.1) is 24.4 Å². The summed E-state index contributed by atoms with van der Waals surface area (Å²) < 4.78 is 26.1. The number of ether oxygens (including phenoxy) is 2. The van der Waals surface area contributed by atoms with Gasteiger partial charge in [-0.2, -0.15) is 5.10 Å². The number of carbonyl (C=O) groups excluding carboxylic acids is 4. The number of amides is 3. The Balaban J connectivity index is 1.29. The molecule has 0 unspecified atom stereocenters. The Kier molecular flexibility index (Phi) is 8.08. The van der Waals surface area contributed by atoms with Crippen molar-refractivity contribution in [1.82, 2.24) is 25.2 Å². The van der Waals surface area contributed by atoms with Crippen molar-refractivity contribution in [3.05, 3.63) is 53.2 Å². The highest BCUT2D eigenvalue weighted by Gasteiger charge is 2.43. The Morgan fingerprint density at radius 3 is 2.53 bits per heavy atom. The number of aromatic nitrogens is 3. The van der Waals surface area contributed by atoms with E-state index in [2.05, 4.69) is 20.7 Å².